The third kappa shape index (κ3) is 3.50. The first-order chi connectivity index (χ1) is 7.04. The highest BCUT2D eigenvalue weighted by molar-refractivity contribution is 9.11. The Morgan fingerprint density at radius 3 is 2.67 bits per heavy atom. The van der Waals surface area contributed by atoms with Crippen molar-refractivity contribution >= 4 is 43.5 Å². The molecule has 0 bridgehead atoms. The molecule has 0 aliphatic carbocycles. The Hall–Kier alpha value is -0.550. The van der Waals surface area contributed by atoms with Crippen molar-refractivity contribution in [2.45, 2.75) is 19.4 Å². The molecule has 0 aliphatic heterocycles. The maximum absolute atomic E-state index is 10.8. The Balaban J connectivity index is 2.84. The number of rotatable bonds is 4. The predicted molar refractivity (Wildman–Crippen MR) is 67.2 cm³/mol. The highest BCUT2D eigenvalue weighted by Crippen LogP contribution is 2.26. The van der Waals surface area contributed by atoms with E-state index in [1.807, 2.05) is 25.1 Å². The van der Waals surface area contributed by atoms with Crippen LogP contribution in [0.25, 0.3) is 0 Å². The van der Waals surface area contributed by atoms with E-state index in [0.717, 1.165) is 14.6 Å². The Morgan fingerprint density at radius 1 is 1.53 bits per heavy atom. The number of carboxylic acids is 1. The van der Waals surface area contributed by atoms with Crippen molar-refractivity contribution in [1.29, 1.82) is 0 Å². The summed E-state index contributed by atoms with van der Waals surface area (Å²) in [6.45, 7) is 1.83. The standard InChI is InChI=1S/C10H11Br2NO2/c1-2-8(10(14)15)13-9-4-3-6(11)5-7(9)12/h3-5,8,13H,2H2,1H3,(H,14,15). The lowest BCUT2D eigenvalue weighted by molar-refractivity contribution is -0.137. The average molecular weight is 337 g/mol. The quantitative estimate of drug-likeness (QED) is 0.884. The van der Waals surface area contributed by atoms with Gasteiger partial charge in [-0.3, -0.25) is 0 Å². The van der Waals surface area contributed by atoms with Crippen LogP contribution in [0.5, 0.6) is 0 Å². The lowest BCUT2D eigenvalue weighted by atomic mass is 10.2. The van der Waals surface area contributed by atoms with Gasteiger partial charge in [0.2, 0.25) is 0 Å². The van der Waals surface area contributed by atoms with Crippen molar-refractivity contribution in [3.05, 3.63) is 27.1 Å². The molecule has 1 aromatic rings. The third-order valence-electron chi connectivity index (χ3n) is 1.97. The molecule has 0 heterocycles. The minimum absolute atomic E-state index is 0.540. The molecular formula is C10H11Br2NO2. The summed E-state index contributed by atoms with van der Waals surface area (Å²) in [5.41, 5.74) is 0.785. The van der Waals surface area contributed by atoms with E-state index in [4.69, 9.17) is 5.11 Å². The molecule has 0 saturated heterocycles. The monoisotopic (exact) mass is 335 g/mol. The summed E-state index contributed by atoms with van der Waals surface area (Å²) in [5, 5.41) is 11.8. The molecular weight excluding hydrogens is 326 g/mol. The maximum atomic E-state index is 10.8. The number of halogens is 2. The highest BCUT2D eigenvalue weighted by Gasteiger charge is 2.15. The van der Waals surface area contributed by atoms with E-state index >= 15 is 0 Å². The van der Waals surface area contributed by atoms with Crippen molar-refractivity contribution in [1.82, 2.24) is 0 Å². The fraction of sp³-hybridized carbons (Fsp3) is 0.300. The van der Waals surface area contributed by atoms with Crippen molar-refractivity contribution in [2.75, 3.05) is 5.32 Å². The summed E-state index contributed by atoms with van der Waals surface area (Å²) in [6, 6.07) is 5.01. The number of hydrogen-bond acceptors (Lipinski definition) is 2. The molecule has 1 rings (SSSR count). The highest BCUT2D eigenvalue weighted by atomic mass is 79.9. The number of aliphatic carboxylic acids is 1. The fourth-order valence-corrected chi connectivity index (χ4v) is 2.29. The summed E-state index contributed by atoms with van der Waals surface area (Å²) in [7, 11) is 0. The molecule has 2 N–H and O–H groups in total. The molecule has 0 amide bonds. The number of nitrogens with one attached hydrogen (secondary N) is 1. The number of carbonyl (C=O) groups is 1. The zero-order chi connectivity index (χ0) is 11.4. The minimum Gasteiger partial charge on any atom is -0.480 e. The second kappa shape index (κ2) is 5.51. The van der Waals surface area contributed by atoms with Gasteiger partial charge in [0.05, 0.1) is 0 Å². The molecule has 0 fully saturated rings. The summed E-state index contributed by atoms with van der Waals surface area (Å²) in [6.07, 6.45) is 0.540. The van der Waals surface area contributed by atoms with Crippen LogP contribution in [0.3, 0.4) is 0 Å². The number of hydrogen-bond donors (Lipinski definition) is 2. The van der Waals surface area contributed by atoms with Crippen LogP contribution in [0.4, 0.5) is 5.69 Å². The van der Waals surface area contributed by atoms with Crippen LogP contribution < -0.4 is 5.32 Å². The summed E-state index contributed by atoms with van der Waals surface area (Å²) in [4.78, 5) is 10.8. The predicted octanol–water partition coefficient (Wildman–Crippen LogP) is 3.49. The molecule has 0 aliphatic rings. The van der Waals surface area contributed by atoms with Gasteiger partial charge < -0.3 is 10.4 Å². The Bertz CT molecular complexity index is 368. The largest absolute Gasteiger partial charge is 0.480 e. The van der Waals surface area contributed by atoms with Gasteiger partial charge >= 0.3 is 5.97 Å². The Labute approximate surface area is 105 Å². The number of carboxylic acid groups (broad SMARTS) is 1. The lowest BCUT2D eigenvalue weighted by Gasteiger charge is -2.15. The van der Waals surface area contributed by atoms with E-state index in [9.17, 15) is 4.79 Å². The first-order valence-electron chi connectivity index (χ1n) is 4.49. The van der Waals surface area contributed by atoms with Crippen LogP contribution >= 0.6 is 31.9 Å². The summed E-state index contributed by atoms with van der Waals surface area (Å²) in [5.74, 6) is -0.840. The molecule has 5 heteroatoms. The molecule has 1 unspecified atom stereocenters. The van der Waals surface area contributed by atoms with Crippen molar-refractivity contribution < 1.29 is 9.90 Å². The molecule has 3 nitrogen and oxygen atoms in total. The van der Waals surface area contributed by atoms with Gasteiger partial charge in [0.25, 0.3) is 0 Å². The molecule has 0 spiro atoms. The molecule has 0 aromatic heterocycles. The van der Waals surface area contributed by atoms with Crippen LogP contribution in [0, 0.1) is 0 Å². The fourth-order valence-electron chi connectivity index (χ4n) is 1.13. The van der Waals surface area contributed by atoms with Gasteiger partial charge in [-0.05, 0) is 40.5 Å². The van der Waals surface area contributed by atoms with Gasteiger partial charge in [-0.1, -0.05) is 22.9 Å². The van der Waals surface area contributed by atoms with E-state index in [-0.39, 0.29) is 0 Å². The minimum atomic E-state index is -0.840. The van der Waals surface area contributed by atoms with Gasteiger partial charge in [0.15, 0.2) is 0 Å². The zero-order valence-corrected chi connectivity index (χ0v) is 11.3. The summed E-state index contributed by atoms with van der Waals surface area (Å²) >= 11 is 6.70. The van der Waals surface area contributed by atoms with E-state index in [2.05, 4.69) is 37.2 Å². The number of anilines is 1. The normalized spacial score (nSPS) is 12.2. The molecule has 1 aromatic carbocycles. The van der Waals surface area contributed by atoms with Crippen molar-refractivity contribution in [3.8, 4) is 0 Å². The van der Waals surface area contributed by atoms with Crippen LogP contribution in [-0.2, 0) is 4.79 Å². The van der Waals surface area contributed by atoms with E-state index in [1.54, 1.807) is 0 Å². The molecule has 82 valence electrons. The van der Waals surface area contributed by atoms with E-state index in [0.29, 0.717) is 6.42 Å². The van der Waals surface area contributed by atoms with Crippen LogP contribution in [0.2, 0.25) is 0 Å². The second-order valence-corrected chi connectivity index (χ2v) is 4.84. The zero-order valence-electron chi connectivity index (χ0n) is 8.13. The van der Waals surface area contributed by atoms with E-state index in [1.165, 1.54) is 0 Å². The number of benzene rings is 1. The van der Waals surface area contributed by atoms with Gasteiger partial charge in [-0.2, -0.15) is 0 Å². The van der Waals surface area contributed by atoms with Gasteiger partial charge in [0.1, 0.15) is 6.04 Å². The van der Waals surface area contributed by atoms with Gasteiger partial charge in [-0.15, -0.1) is 0 Å². The third-order valence-corrected chi connectivity index (χ3v) is 3.12. The molecule has 1 atom stereocenters. The van der Waals surface area contributed by atoms with Crippen molar-refractivity contribution in [2.24, 2.45) is 0 Å². The summed E-state index contributed by atoms with van der Waals surface area (Å²) < 4.78 is 1.79. The van der Waals surface area contributed by atoms with Gasteiger partial charge in [0, 0.05) is 14.6 Å². The van der Waals surface area contributed by atoms with Crippen molar-refractivity contribution in [3.63, 3.8) is 0 Å². The Kier molecular flexibility index (Phi) is 4.60. The topological polar surface area (TPSA) is 49.3 Å². The molecule has 0 radical (unpaired) electrons. The van der Waals surface area contributed by atoms with E-state index < -0.39 is 12.0 Å². The molecule has 0 saturated carbocycles. The molecule has 15 heavy (non-hydrogen) atoms. The van der Waals surface area contributed by atoms with Crippen LogP contribution in [-0.4, -0.2) is 17.1 Å². The van der Waals surface area contributed by atoms with Crippen LogP contribution in [0.1, 0.15) is 13.3 Å². The second-order valence-electron chi connectivity index (χ2n) is 3.07. The Morgan fingerprint density at radius 2 is 2.20 bits per heavy atom. The SMILES string of the molecule is CCC(Nc1ccc(Br)cc1Br)C(=O)O. The first-order valence-corrected chi connectivity index (χ1v) is 6.07. The average Bonchev–Trinajstić information content (AvgIpc) is 2.16. The maximum Gasteiger partial charge on any atom is 0.326 e. The first kappa shape index (κ1) is 12.5. The van der Waals surface area contributed by atoms with Gasteiger partial charge in [-0.25, -0.2) is 4.79 Å². The van der Waals surface area contributed by atoms with Crippen LogP contribution in [0.15, 0.2) is 27.1 Å². The lowest BCUT2D eigenvalue weighted by Crippen LogP contribution is -2.28. The smallest absolute Gasteiger partial charge is 0.326 e.